The first kappa shape index (κ1) is 21.5. The maximum absolute atomic E-state index is 12.3. The predicted molar refractivity (Wildman–Crippen MR) is 124 cm³/mol. The minimum absolute atomic E-state index is 0.296. The number of aromatic nitrogens is 1. The third kappa shape index (κ3) is 6.41. The van der Waals surface area contributed by atoms with Gasteiger partial charge in [0.1, 0.15) is 11.4 Å². The van der Waals surface area contributed by atoms with E-state index in [1.54, 1.807) is 12.3 Å². The summed E-state index contributed by atoms with van der Waals surface area (Å²) in [7, 11) is 0. The number of carbonyl (C=O) groups is 1. The van der Waals surface area contributed by atoms with Gasteiger partial charge in [-0.1, -0.05) is 81.3 Å². The Labute approximate surface area is 179 Å². The van der Waals surface area contributed by atoms with Gasteiger partial charge in [0.05, 0.1) is 0 Å². The molecule has 3 rings (SSSR count). The van der Waals surface area contributed by atoms with Crippen LogP contribution in [0.25, 0.3) is 12.2 Å². The summed E-state index contributed by atoms with van der Waals surface area (Å²) in [5.41, 5.74) is 4.99. The number of hydrogen-bond acceptors (Lipinski definition) is 3. The maximum Gasteiger partial charge on any atom is 0.362 e. The van der Waals surface area contributed by atoms with Crippen LogP contribution in [0.4, 0.5) is 0 Å². The van der Waals surface area contributed by atoms with Gasteiger partial charge in [-0.15, -0.1) is 0 Å². The molecular formula is C27H29NO2. The average molecular weight is 400 g/mol. The molecule has 3 nitrogen and oxygen atoms in total. The summed E-state index contributed by atoms with van der Waals surface area (Å²) < 4.78 is 5.42. The highest BCUT2D eigenvalue weighted by Gasteiger charge is 2.10. The fraction of sp³-hybridized carbons (Fsp3) is 0.259. The molecule has 154 valence electrons. The molecule has 0 fully saturated rings. The average Bonchev–Trinajstić information content (AvgIpc) is 2.79. The molecule has 0 unspecified atom stereocenters. The van der Waals surface area contributed by atoms with Gasteiger partial charge in [-0.05, 0) is 59.7 Å². The minimum atomic E-state index is -0.448. The van der Waals surface area contributed by atoms with Gasteiger partial charge in [-0.25, -0.2) is 9.78 Å². The second-order valence-electron chi connectivity index (χ2n) is 7.44. The largest absolute Gasteiger partial charge is 0.422 e. The third-order valence-electron chi connectivity index (χ3n) is 4.94. The van der Waals surface area contributed by atoms with Crippen LogP contribution < -0.4 is 4.74 Å². The first-order valence-corrected chi connectivity index (χ1v) is 10.7. The predicted octanol–water partition coefficient (Wildman–Crippen LogP) is 6.77. The Morgan fingerprint density at radius 2 is 1.43 bits per heavy atom. The quantitative estimate of drug-likeness (QED) is 0.294. The molecule has 0 radical (unpaired) electrons. The van der Waals surface area contributed by atoms with Gasteiger partial charge in [0, 0.05) is 6.20 Å². The minimum Gasteiger partial charge on any atom is -0.422 e. The Balaban J connectivity index is 1.57. The smallest absolute Gasteiger partial charge is 0.362 e. The summed E-state index contributed by atoms with van der Waals surface area (Å²) in [4.78, 5) is 16.6. The van der Waals surface area contributed by atoms with E-state index >= 15 is 0 Å². The molecule has 0 bridgehead atoms. The Morgan fingerprint density at radius 3 is 2.07 bits per heavy atom. The lowest BCUT2D eigenvalue weighted by Crippen LogP contribution is -2.10. The molecule has 0 N–H and O–H groups in total. The summed E-state index contributed by atoms with van der Waals surface area (Å²) in [6.45, 7) is 4.35. The number of hydrogen-bond donors (Lipinski definition) is 0. The summed E-state index contributed by atoms with van der Waals surface area (Å²) in [5.74, 6) is 0.0875. The van der Waals surface area contributed by atoms with E-state index in [9.17, 15) is 4.79 Å². The number of nitrogens with zero attached hydrogens (tertiary/aromatic N) is 1. The molecule has 0 atom stereocenters. The fourth-order valence-corrected chi connectivity index (χ4v) is 3.17. The Morgan fingerprint density at radius 1 is 0.800 bits per heavy atom. The van der Waals surface area contributed by atoms with E-state index in [0.717, 1.165) is 30.4 Å². The van der Waals surface area contributed by atoms with Crippen LogP contribution in [0.5, 0.6) is 5.75 Å². The standard InChI is InChI=1S/C27H29NO2/c1-3-5-7-22-8-10-23(11-9-22)12-13-24-16-19-26(28-20-24)27(29)30-25-17-14-21(6-4-2)15-18-25/h8-20H,3-7H2,1-2H3. The molecule has 1 aromatic heterocycles. The lowest BCUT2D eigenvalue weighted by atomic mass is 10.1. The maximum atomic E-state index is 12.3. The van der Waals surface area contributed by atoms with Crippen LogP contribution >= 0.6 is 0 Å². The lowest BCUT2D eigenvalue weighted by Gasteiger charge is -2.05. The van der Waals surface area contributed by atoms with Crippen LogP contribution in [-0.2, 0) is 12.8 Å². The molecule has 2 aromatic carbocycles. The van der Waals surface area contributed by atoms with Crippen LogP contribution in [0.3, 0.4) is 0 Å². The second kappa shape index (κ2) is 11.1. The SMILES string of the molecule is CCCCc1ccc(C=Cc2ccc(C(=O)Oc3ccc(CCC)cc3)nc2)cc1. The zero-order valence-electron chi connectivity index (χ0n) is 17.8. The van der Waals surface area contributed by atoms with Crippen molar-refractivity contribution in [3.8, 4) is 5.75 Å². The number of rotatable bonds is 9. The van der Waals surface area contributed by atoms with E-state index < -0.39 is 5.97 Å². The molecule has 0 aliphatic carbocycles. The normalized spacial score (nSPS) is 11.0. The van der Waals surface area contributed by atoms with Crippen molar-refractivity contribution < 1.29 is 9.53 Å². The van der Waals surface area contributed by atoms with Crippen LogP contribution in [-0.4, -0.2) is 11.0 Å². The van der Waals surface area contributed by atoms with Crippen LogP contribution in [0.15, 0.2) is 66.9 Å². The highest BCUT2D eigenvalue weighted by molar-refractivity contribution is 5.89. The first-order chi connectivity index (χ1) is 14.7. The molecule has 0 aliphatic heterocycles. The van der Waals surface area contributed by atoms with E-state index in [1.165, 1.54) is 24.0 Å². The van der Waals surface area contributed by atoms with E-state index in [1.807, 2.05) is 36.4 Å². The van der Waals surface area contributed by atoms with Crippen molar-refractivity contribution in [1.29, 1.82) is 0 Å². The number of ether oxygens (including phenoxy) is 1. The van der Waals surface area contributed by atoms with Gasteiger partial charge in [-0.3, -0.25) is 0 Å². The van der Waals surface area contributed by atoms with E-state index in [2.05, 4.69) is 49.2 Å². The van der Waals surface area contributed by atoms with Crippen LogP contribution in [0.1, 0.15) is 65.9 Å². The highest BCUT2D eigenvalue weighted by atomic mass is 16.5. The fourth-order valence-electron chi connectivity index (χ4n) is 3.17. The highest BCUT2D eigenvalue weighted by Crippen LogP contribution is 2.16. The van der Waals surface area contributed by atoms with Gasteiger partial charge in [0.2, 0.25) is 0 Å². The van der Waals surface area contributed by atoms with Crippen molar-refractivity contribution in [2.75, 3.05) is 0 Å². The number of aryl methyl sites for hydroxylation is 2. The Kier molecular flexibility index (Phi) is 7.96. The molecule has 0 spiro atoms. The topological polar surface area (TPSA) is 39.2 Å². The first-order valence-electron chi connectivity index (χ1n) is 10.7. The van der Waals surface area contributed by atoms with Crippen molar-refractivity contribution in [2.24, 2.45) is 0 Å². The Hall–Kier alpha value is -3.20. The number of benzene rings is 2. The van der Waals surface area contributed by atoms with Crippen molar-refractivity contribution in [3.05, 3.63) is 94.8 Å². The molecule has 3 aromatic rings. The van der Waals surface area contributed by atoms with Crippen molar-refractivity contribution in [2.45, 2.75) is 46.0 Å². The van der Waals surface area contributed by atoms with Crippen LogP contribution in [0, 0.1) is 0 Å². The van der Waals surface area contributed by atoms with Crippen molar-refractivity contribution in [1.82, 2.24) is 4.98 Å². The third-order valence-corrected chi connectivity index (χ3v) is 4.94. The monoisotopic (exact) mass is 399 g/mol. The Bertz CT molecular complexity index is 955. The number of carbonyl (C=O) groups excluding carboxylic acids is 1. The zero-order valence-corrected chi connectivity index (χ0v) is 17.8. The van der Waals surface area contributed by atoms with Gasteiger partial charge in [-0.2, -0.15) is 0 Å². The lowest BCUT2D eigenvalue weighted by molar-refractivity contribution is 0.0728. The summed E-state index contributed by atoms with van der Waals surface area (Å²) in [6, 6.07) is 19.8. The zero-order chi connectivity index (χ0) is 21.2. The molecule has 0 saturated carbocycles. The molecule has 0 saturated heterocycles. The van der Waals surface area contributed by atoms with Gasteiger partial charge < -0.3 is 4.74 Å². The second-order valence-corrected chi connectivity index (χ2v) is 7.44. The summed E-state index contributed by atoms with van der Waals surface area (Å²) in [5, 5.41) is 0. The number of unbranched alkanes of at least 4 members (excludes halogenated alkanes) is 1. The van der Waals surface area contributed by atoms with E-state index in [0.29, 0.717) is 11.4 Å². The molecule has 3 heteroatoms. The van der Waals surface area contributed by atoms with Gasteiger partial charge >= 0.3 is 5.97 Å². The molecule has 0 aliphatic rings. The van der Waals surface area contributed by atoms with Gasteiger partial charge in [0.25, 0.3) is 0 Å². The molecule has 1 heterocycles. The number of pyridine rings is 1. The molecule has 0 amide bonds. The molecule has 30 heavy (non-hydrogen) atoms. The van der Waals surface area contributed by atoms with Crippen molar-refractivity contribution in [3.63, 3.8) is 0 Å². The van der Waals surface area contributed by atoms with Gasteiger partial charge in [0.15, 0.2) is 0 Å². The van der Waals surface area contributed by atoms with E-state index in [-0.39, 0.29) is 0 Å². The summed E-state index contributed by atoms with van der Waals surface area (Å²) in [6.07, 6.45) is 11.4. The van der Waals surface area contributed by atoms with E-state index in [4.69, 9.17) is 4.74 Å². The van der Waals surface area contributed by atoms with Crippen LogP contribution in [0.2, 0.25) is 0 Å². The van der Waals surface area contributed by atoms with Crippen molar-refractivity contribution >= 4 is 18.1 Å². The number of esters is 1. The molecular weight excluding hydrogens is 370 g/mol. The summed E-state index contributed by atoms with van der Waals surface area (Å²) >= 11 is 0.